The zero-order valence-corrected chi connectivity index (χ0v) is 13.8. The van der Waals surface area contributed by atoms with Gasteiger partial charge in [0.05, 0.1) is 14.2 Å². The zero-order chi connectivity index (χ0) is 17.8. The van der Waals surface area contributed by atoms with Crippen LogP contribution in [0, 0.1) is 0 Å². The molecule has 0 saturated heterocycles. The van der Waals surface area contributed by atoms with Gasteiger partial charge in [0.15, 0.2) is 6.10 Å². The van der Waals surface area contributed by atoms with E-state index in [4.69, 9.17) is 14.2 Å². The summed E-state index contributed by atoms with van der Waals surface area (Å²) in [6, 6.07) is 16.1. The molecule has 1 atom stereocenters. The molecule has 128 valence electrons. The molecule has 1 heterocycles. The van der Waals surface area contributed by atoms with E-state index < -0.39 is 18.0 Å². The van der Waals surface area contributed by atoms with E-state index >= 15 is 0 Å². The molecule has 0 saturated carbocycles. The van der Waals surface area contributed by atoms with Crippen molar-refractivity contribution in [1.29, 1.82) is 0 Å². The average Bonchev–Trinajstić information content (AvgIpc) is 2.98. The smallest absolute Gasteiger partial charge is 0.356 e. The number of methoxy groups -OCH3 is 2. The van der Waals surface area contributed by atoms with Gasteiger partial charge in [-0.2, -0.15) is 0 Å². The predicted octanol–water partition coefficient (Wildman–Crippen LogP) is 2.83. The van der Waals surface area contributed by atoms with E-state index in [2.05, 4.69) is 5.32 Å². The molecule has 2 aromatic rings. The first-order chi connectivity index (χ1) is 12.1. The Balaban J connectivity index is 2.04. The largest absolute Gasteiger partial charge is 0.497 e. The van der Waals surface area contributed by atoms with Crippen LogP contribution in [0.1, 0.15) is 11.7 Å². The first kappa shape index (κ1) is 16.6. The highest BCUT2D eigenvalue weighted by molar-refractivity contribution is 6.06. The summed E-state index contributed by atoms with van der Waals surface area (Å²) >= 11 is 0. The number of esters is 2. The highest BCUT2D eigenvalue weighted by Crippen LogP contribution is 2.37. The topological polar surface area (TPSA) is 73.9 Å². The molecule has 0 radical (unpaired) electrons. The second-order valence-corrected chi connectivity index (χ2v) is 5.33. The van der Waals surface area contributed by atoms with E-state index in [1.165, 1.54) is 7.11 Å². The lowest BCUT2D eigenvalue weighted by Crippen LogP contribution is -2.14. The molecule has 2 aromatic carbocycles. The minimum absolute atomic E-state index is 0.0749. The third-order valence-corrected chi connectivity index (χ3v) is 3.81. The van der Waals surface area contributed by atoms with E-state index in [1.54, 1.807) is 43.5 Å². The molecule has 1 unspecified atom stereocenters. The molecule has 6 nitrogen and oxygen atoms in total. The third-order valence-electron chi connectivity index (χ3n) is 3.81. The SMILES string of the molecule is COC(=O)C1=C(Nc2ccccc2)C(=O)OC1c1cccc(OC)c1. The highest BCUT2D eigenvalue weighted by Gasteiger charge is 2.40. The summed E-state index contributed by atoms with van der Waals surface area (Å²) in [6.07, 6.45) is -0.860. The van der Waals surface area contributed by atoms with Crippen LogP contribution >= 0.6 is 0 Å². The number of hydrogen-bond acceptors (Lipinski definition) is 6. The van der Waals surface area contributed by atoms with Crippen molar-refractivity contribution in [2.24, 2.45) is 0 Å². The summed E-state index contributed by atoms with van der Waals surface area (Å²) in [5, 5.41) is 2.96. The first-order valence-electron chi connectivity index (χ1n) is 7.63. The van der Waals surface area contributed by atoms with E-state index in [0.717, 1.165) is 0 Å². The Labute approximate surface area is 145 Å². The van der Waals surface area contributed by atoms with Gasteiger partial charge in [0.1, 0.15) is 17.0 Å². The van der Waals surface area contributed by atoms with E-state index in [9.17, 15) is 9.59 Å². The van der Waals surface area contributed by atoms with Crippen molar-refractivity contribution in [3.63, 3.8) is 0 Å². The molecule has 0 fully saturated rings. The van der Waals surface area contributed by atoms with Gasteiger partial charge in [-0.3, -0.25) is 0 Å². The fraction of sp³-hybridized carbons (Fsp3) is 0.158. The Bertz CT molecular complexity index is 829. The average molecular weight is 339 g/mol. The number of ether oxygens (including phenoxy) is 3. The number of para-hydroxylation sites is 1. The van der Waals surface area contributed by atoms with Crippen molar-refractivity contribution in [3.05, 3.63) is 71.4 Å². The lowest BCUT2D eigenvalue weighted by atomic mass is 10.0. The van der Waals surface area contributed by atoms with Gasteiger partial charge in [0, 0.05) is 11.3 Å². The molecule has 1 N–H and O–H groups in total. The lowest BCUT2D eigenvalue weighted by molar-refractivity contribution is -0.141. The zero-order valence-electron chi connectivity index (χ0n) is 13.8. The highest BCUT2D eigenvalue weighted by atomic mass is 16.6. The van der Waals surface area contributed by atoms with Gasteiger partial charge in [0.25, 0.3) is 0 Å². The maximum absolute atomic E-state index is 12.4. The summed E-state index contributed by atoms with van der Waals surface area (Å²) in [5.41, 5.74) is 1.50. The summed E-state index contributed by atoms with van der Waals surface area (Å²) in [4.78, 5) is 24.7. The van der Waals surface area contributed by atoms with Crippen LogP contribution in [-0.2, 0) is 19.1 Å². The van der Waals surface area contributed by atoms with Gasteiger partial charge in [-0.25, -0.2) is 9.59 Å². The Morgan fingerprint density at radius 2 is 1.84 bits per heavy atom. The summed E-state index contributed by atoms with van der Waals surface area (Å²) in [6.45, 7) is 0. The predicted molar refractivity (Wildman–Crippen MR) is 90.9 cm³/mol. The normalized spacial score (nSPS) is 16.4. The second kappa shape index (κ2) is 7.09. The summed E-state index contributed by atoms with van der Waals surface area (Å²) in [5.74, 6) is -0.642. The fourth-order valence-corrected chi connectivity index (χ4v) is 2.61. The van der Waals surface area contributed by atoms with Crippen LogP contribution in [0.4, 0.5) is 5.69 Å². The quantitative estimate of drug-likeness (QED) is 0.845. The van der Waals surface area contributed by atoms with Crippen LogP contribution < -0.4 is 10.1 Å². The number of nitrogens with one attached hydrogen (secondary N) is 1. The van der Waals surface area contributed by atoms with Crippen molar-refractivity contribution >= 4 is 17.6 Å². The summed E-state index contributed by atoms with van der Waals surface area (Å²) in [7, 11) is 2.81. The molecule has 0 amide bonds. The van der Waals surface area contributed by atoms with Crippen LogP contribution in [0.3, 0.4) is 0 Å². The Morgan fingerprint density at radius 3 is 2.52 bits per heavy atom. The van der Waals surface area contributed by atoms with Crippen LogP contribution in [0.5, 0.6) is 5.75 Å². The van der Waals surface area contributed by atoms with Crippen molar-refractivity contribution in [2.75, 3.05) is 19.5 Å². The molecule has 1 aliphatic rings. The molecule has 0 aliphatic carbocycles. The van der Waals surface area contributed by atoms with Crippen LogP contribution in [-0.4, -0.2) is 26.2 Å². The molecule has 25 heavy (non-hydrogen) atoms. The Kier molecular flexibility index (Phi) is 4.70. The number of carbonyl (C=O) groups is 2. The molecular formula is C19H17NO5. The van der Waals surface area contributed by atoms with Gasteiger partial charge in [-0.15, -0.1) is 0 Å². The Morgan fingerprint density at radius 1 is 1.08 bits per heavy atom. The van der Waals surface area contributed by atoms with Crippen molar-refractivity contribution < 1.29 is 23.8 Å². The third kappa shape index (κ3) is 3.33. The molecule has 1 aliphatic heterocycles. The van der Waals surface area contributed by atoms with Crippen molar-refractivity contribution in [3.8, 4) is 5.75 Å². The number of cyclic esters (lactones) is 1. The first-order valence-corrected chi connectivity index (χ1v) is 7.63. The van der Waals surface area contributed by atoms with Gasteiger partial charge >= 0.3 is 11.9 Å². The standard InChI is InChI=1S/C19H17NO5/c1-23-14-10-6-7-12(11-14)17-15(18(21)24-2)16(19(22)25-17)20-13-8-4-3-5-9-13/h3-11,17,20H,1-2H3. The number of carbonyl (C=O) groups excluding carboxylic acids is 2. The van der Waals surface area contributed by atoms with Gasteiger partial charge < -0.3 is 19.5 Å². The molecule has 0 spiro atoms. The fourth-order valence-electron chi connectivity index (χ4n) is 2.61. The molecule has 6 heteroatoms. The molecule has 0 bridgehead atoms. The van der Waals surface area contributed by atoms with E-state index in [-0.39, 0.29) is 11.3 Å². The van der Waals surface area contributed by atoms with Gasteiger partial charge in [-0.05, 0) is 24.3 Å². The maximum atomic E-state index is 12.4. The molecule has 3 rings (SSSR count). The monoisotopic (exact) mass is 339 g/mol. The number of hydrogen-bond donors (Lipinski definition) is 1. The molecular weight excluding hydrogens is 322 g/mol. The lowest BCUT2D eigenvalue weighted by Gasteiger charge is -2.14. The number of rotatable bonds is 5. The van der Waals surface area contributed by atoms with Crippen LogP contribution in [0.2, 0.25) is 0 Å². The van der Waals surface area contributed by atoms with Gasteiger partial charge in [0.2, 0.25) is 0 Å². The van der Waals surface area contributed by atoms with Crippen LogP contribution in [0.25, 0.3) is 0 Å². The maximum Gasteiger partial charge on any atom is 0.356 e. The molecule has 0 aromatic heterocycles. The van der Waals surface area contributed by atoms with Gasteiger partial charge in [-0.1, -0.05) is 30.3 Å². The van der Waals surface area contributed by atoms with E-state index in [0.29, 0.717) is 17.0 Å². The minimum Gasteiger partial charge on any atom is -0.497 e. The number of benzene rings is 2. The second-order valence-electron chi connectivity index (χ2n) is 5.33. The van der Waals surface area contributed by atoms with Crippen molar-refractivity contribution in [1.82, 2.24) is 0 Å². The number of anilines is 1. The van der Waals surface area contributed by atoms with E-state index in [1.807, 2.05) is 18.2 Å². The van der Waals surface area contributed by atoms with Crippen LogP contribution in [0.15, 0.2) is 65.9 Å². The minimum atomic E-state index is -0.860. The Hall–Kier alpha value is -3.28. The van der Waals surface area contributed by atoms with Crippen molar-refractivity contribution in [2.45, 2.75) is 6.10 Å². The summed E-state index contributed by atoms with van der Waals surface area (Å²) < 4.78 is 15.5.